The number of hydrogen-bond donors (Lipinski definition) is 1. The molecule has 10 heteroatoms. The van der Waals surface area contributed by atoms with Crippen molar-refractivity contribution >= 4 is 28.2 Å². The fourth-order valence-corrected chi connectivity index (χ4v) is 4.73. The van der Waals surface area contributed by atoms with E-state index in [1.807, 2.05) is 71.7 Å². The molecule has 0 aliphatic heterocycles. The molecule has 0 aliphatic rings. The minimum absolute atomic E-state index is 0.0169. The molecule has 2 heterocycles. The molecule has 0 aliphatic carbocycles. The van der Waals surface area contributed by atoms with Gasteiger partial charge in [-0.1, -0.05) is 57.2 Å². The Hall–Kier alpha value is -4.80. The van der Waals surface area contributed by atoms with Gasteiger partial charge >= 0.3 is 0 Å². The molecule has 0 radical (unpaired) electrons. The number of anilines is 2. The highest BCUT2D eigenvalue weighted by molar-refractivity contribution is 6.06. The molecule has 5 rings (SSSR count). The van der Waals surface area contributed by atoms with E-state index in [0.717, 1.165) is 27.8 Å². The minimum Gasteiger partial charge on any atom is -0.497 e. The standard InChI is InChI=1S/C34H38N4O6/c1-34(2,3)30-17-31(38(36-30)18-23-11-13-26(42-6)14-12-23)35-28-15-27(43-21-40-4)16-29(44-22-41-5)32(28)33(39)37-19-24-9-7-8-10-25(24)20-37/h7-17,19-20,35H,18,21-22H2,1-6H3. The summed E-state index contributed by atoms with van der Waals surface area (Å²) in [7, 11) is 4.71. The normalized spacial score (nSPS) is 11.5. The second-order valence-electron chi connectivity index (χ2n) is 11.3. The van der Waals surface area contributed by atoms with E-state index in [0.29, 0.717) is 35.1 Å². The minimum atomic E-state index is -0.287. The molecule has 230 valence electrons. The molecule has 0 atom stereocenters. The van der Waals surface area contributed by atoms with Gasteiger partial charge in [-0.25, -0.2) is 4.68 Å². The van der Waals surface area contributed by atoms with Crippen molar-refractivity contribution in [3.8, 4) is 17.2 Å². The zero-order chi connectivity index (χ0) is 31.3. The Kier molecular flexibility index (Phi) is 9.22. The highest BCUT2D eigenvalue weighted by Crippen LogP contribution is 2.37. The maximum Gasteiger partial charge on any atom is 0.267 e. The molecule has 44 heavy (non-hydrogen) atoms. The van der Waals surface area contributed by atoms with Crippen LogP contribution in [0.2, 0.25) is 0 Å². The Morgan fingerprint density at radius 1 is 0.841 bits per heavy atom. The van der Waals surface area contributed by atoms with Crippen molar-refractivity contribution < 1.29 is 28.5 Å². The number of methoxy groups -OCH3 is 3. The summed E-state index contributed by atoms with van der Waals surface area (Å²) in [6, 6.07) is 21.1. The quantitative estimate of drug-likeness (QED) is 0.161. The van der Waals surface area contributed by atoms with Gasteiger partial charge < -0.3 is 29.0 Å². The maximum absolute atomic E-state index is 14.2. The number of ether oxygens (including phenoxy) is 5. The largest absolute Gasteiger partial charge is 0.497 e. The van der Waals surface area contributed by atoms with Gasteiger partial charge in [0.1, 0.15) is 28.6 Å². The molecule has 0 bridgehead atoms. The lowest BCUT2D eigenvalue weighted by atomic mass is 9.92. The molecular formula is C34H38N4O6. The molecule has 3 aromatic carbocycles. The molecule has 0 saturated carbocycles. The lowest BCUT2D eigenvalue weighted by Gasteiger charge is -2.19. The summed E-state index contributed by atoms with van der Waals surface area (Å²) in [6.45, 7) is 6.77. The van der Waals surface area contributed by atoms with Gasteiger partial charge in [-0.05, 0) is 28.5 Å². The molecule has 2 aromatic heterocycles. The summed E-state index contributed by atoms with van der Waals surface area (Å²) < 4.78 is 30.9. The third-order valence-electron chi connectivity index (χ3n) is 7.05. The zero-order valence-electron chi connectivity index (χ0n) is 25.9. The number of benzene rings is 3. The van der Waals surface area contributed by atoms with Crippen molar-refractivity contribution in [2.45, 2.75) is 32.7 Å². The smallest absolute Gasteiger partial charge is 0.267 e. The van der Waals surface area contributed by atoms with E-state index in [1.54, 1.807) is 30.9 Å². The Balaban J connectivity index is 1.63. The van der Waals surface area contributed by atoms with Crippen LogP contribution in [0.4, 0.5) is 11.5 Å². The van der Waals surface area contributed by atoms with Gasteiger partial charge in [-0.15, -0.1) is 0 Å². The van der Waals surface area contributed by atoms with E-state index < -0.39 is 0 Å². The van der Waals surface area contributed by atoms with Crippen molar-refractivity contribution in [3.63, 3.8) is 0 Å². The average Bonchev–Trinajstić information content (AvgIpc) is 3.63. The van der Waals surface area contributed by atoms with Crippen molar-refractivity contribution in [2.75, 3.05) is 40.2 Å². The van der Waals surface area contributed by atoms with Crippen LogP contribution in [-0.4, -0.2) is 55.2 Å². The third-order valence-corrected chi connectivity index (χ3v) is 7.05. The van der Waals surface area contributed by atoms with Crippen LogP contribution in [-0.2, 0) is 21.4 Å². The van der Waals surface area contributed by atoms with Crippen LogP contribution in [0, 0.1) is 0 Å². The van der Waals surface area contributed by atoms with E-state index >= 15 is 0 Å². The van der Waals surface area contributed by atoms with E-state index in [-0.39, 0.29) is 24.9 Å². The number of fused-ring (bicyclic) bond motifs is 1. The van der Waals surface area contributed by atoms with Crippen LogP contribution < -0.4 is 19.5 Å². The second-order valence-corrected chi connectivity index (χ2v) is 11.3. The topological polar surface area (TPSA) is 98.0 Å². The van der Waals surface area contributed by atoms with Gasteiger partial charge in [0.2, 0.25) is 0 Å². The number of hydrogen-bond acceptors (Lipinski definition) is 8. The first-order valence-electron chi connectivity index (χ1n) is 14.2. The summed E-state index contributed by atoms with van der Waals surface area (Å²) in [6.07, 6.45) is 3.62. The molecule has 5 aromatic rings. The highest BCUT2D eigenvalue weighted by atomic mass is 16.7. The van der Waals surface area contributed by atoms with Crippen molar-refractivity contribution in [2.24, 2.45) is 0 Å². The van der Waals surface area contributed by atoms with Crippen LogP contribution in [0.3, 0.4) is 0 Å². The number of nitrogens with one attached hydrogen (secondary N) is 1. The first kappa shape index (κ1) is 30.7. The molecule has 0 unspecified atom stereocenters. The number of nitrogens with zero attached hydrogens (tertiary/aromatic N) is 3. The van der Waals surface area contributed by atoms with E-state index in [4.69, 9.17) is 28.8 Å². The zero-order valence-corrected chi connectivity index (χ0v) is 25.9. The van der Waals surface area contributed by atoms with Gasteiger partial charge in [-0.3, -0.25) is 9.36 Å². The van der Waals surface area contributed by atoms with Crippen LogP contribution in [0.25, 0.3) is 10.8 Å². The van der Waals surface area contributed by atoms with E-state index in [1.165, 1.54) is 7.11 Å². The molecule has 0 saturated heterocycles. The van der Waals surface area contributed by atoms with Crippen LogP contribution >= 0.6 is 0 Å². The molecule has 10 nitrogen and oxygen atoms in total. The summed E-state index contributed by atoms with van der Waals surface area (Å²) >= 11 is 0. The van der Waals surface area contributed by atoms with Gasteiger partial charge in [0.25, 0.3) is 5.91 Å². The monoisotopic (exact) mass is 598 g/mol. The fourth-order valence-electron chi connectivity index (χ4n) is 4.73. The fraction of sp³-hybridized carbons (Fsp3) is 0.294. The van der Waals surface area contributed by atoms with Crippen LogP contribution in [0.5, 0.6) is 17.2 Å². The SMILES string of the molecule is COCOc1cc(Nc2cc(C(C)(C)C)nn2Cc2ccc(OC)cc2)c(C(=O)n2cc3ccccc3c2)c(OCOC)c1. The molecule has 1 N–H and O–H groups in total. The molecular weight excluding hydrogens is 560 g/mol. The lowest BCUT2D eigenvalue weighted by Crippen LogP contribution is -2.16. The predicted octanol–water partition coefficient (Wildman–Crippen LogP) is 6.59. The number of carbonyl (C=O) groups is 1. The molecule has 0 amide bonds. The maximum atomic E-state index is 14.2. The predicted molar refractivity (Wildman–Crippen MR) is 169 cm³/mol. The Morgan fingerprint density at radius 2 is 1.50 bits per heavy atom. The summed E-state index contributed by atoms with van der Waals surface area (Å²) in [5, 5.41) is 10.3. The van der Waals surface area contributed by atoms with Gasteiger partial charge in [0.15, 0.2) is 13.6 Å². The number of rotatable bonds is 12. The Labute approximate surface area is 257 Å². The van der Waals surface area contributed by atoms with Crippen LogP contribution in [0.1, 0.15) is 42.4 Å². The van der Waals surface area contributed by atoms with Crippen molar-refractivity contribution in [1.82, 2.24) is 14.3 Å². The van der Waals surface area contributed by atoms with E-state index in [2.05, 4.69) is 26.1 Å². The average molecular weight is 599 g/mol. The highest BCUT2D eigenvalue weighted by Gasteiger charge is 2.25. The summed E-state index contributed by atoms with van der Waals surface area (Å²) in [5.74, 6) is 1.93. The van der Waals surface area contributed by atoms with Crippen molar-refractivity contribution in [3.05, 3.63) is 95.9 Å². The van der Waals surface area contributed by atoms with Gasteiger partial charge in [-0.2, -0.15) is 5.10 Å². The third kappa shape index (κ3) is 6.88. The number of aromatic nitrogens is 3. The molecule has 0 spiro atoms. The molecule has 0 fully saturated rings. The first-order chi connectivity index (χ1) is 21.2. The second kappa shape index (κ2) is 13.2. The number of carbonyl (C=O) groups excluding carboxylic acids is 1. The van der Waals surface area contributed by atoms with Crippen molar-refractivity contribution in [1.29, 1.82) is 0 Å². The lowest BCUT2D eigenvalue weighted by molar-refractivity contribution is 0.0456. The Morgan fingerprint density at radius 3 is 2.11 bits per heavy atom. The van der Waals surface area contributed by atoms with Gasteiger partial charge in [0, 0.05) is 50.2 Å². The van der Waals surface area contributed by atoms with E-state index in [9.17, 15) is 4.79 Å². The summed E-state index contributed by atoms with van der Waals surface area (Å²) in [5.41, 5.74) is 2.49. The summed E-state index contributed by atoms with van der Waals surface area (Å²) in [4.78, 5) is 14.2. The van der Waals surface area contributed by atoms with Crippen LogP contribution in [0.15, 0.2) is 79.1 Å². The first-order valence-corrected chi connectivity index (χ1v) is 14.2. The van der Waals surface area contributed by atoms with Gasteiger partial charge in [0.05, 0.1) is 25.0 Å². The Bertz CT molecular complexity index is 1700.